The van der Waals surface area contributed by atoms with E-state index in [1.807, 2.05) is 0 Å². The van der Waals surface area contributed by atoms with Gasteiger partial charge in [-0.3, -0.25) is 4.79 Å². The minimum absolute atomic E-state index is 0.0488. The van der Waals surface area contributed by atoms with Crippen molar-refractivity contribution in [2.75, 3.05) is 5.73 Å². The first kappa shape index (κ1) is 16.9. The Bertz CT molecular complexity index is 634. The van der Waals surface area contributed by atoms with Crippen molar-refractivity contribution in [2.24, 2.45) is 11.7 Å². The molecule has 0 fully saturated rings. The van der Waals surface area contributed by atoms with Crippen LogP contribution in [0.15, 0.2) is 21.5 Å². The summed E-state index contributed by atoms with van der Waals surface area (Å²) in [5.74, 6) is -1.83. The standard InChI is InChI=1S/C11H15BrFN3O3S/c1-5(2)10(11(15)17)16-20(18,19)9-3-6(12)7(13)4-8(9)14/h3-5,10,16H,14H2,1-2H3,(H2,15,17). The van der Waals surface area contributed by atoms with E-state index >= 15 is 0 Å². The highest BCUT2D eigenvalue weighted by molar-refractivity contribution is 9.10. The Morgan fingerprint density at radius 3 is 2.40 bits per heavy atom. The van der Waals surface area contributed by atoms with Crippen LogP contribution in [0.1, 0.15) is 13.8 Å². The van der Waals surface area contributed by atoms with Gasteiger partial charge in [0.15, 0.2) is 0 Å². The summed E-state index contributed by atoms with van der Waals surface area (Å²) in [5, 5.41) is 0. The first-order valence-electron chi connectivity index (χ1n) is 5.62. The summed E-state index contributed by atoms with van der Waals surface area (Å²) < 4.78 is 39.8. The number of sulfonamides is 1. The average Bonchev–Trinajstić information content (AvgIpc) is 2.30. The van der Waals surface area contributed by atoms with E-state index in [0.29, 0.717) is 0 Å². The van der Waals surface area contributed by atoms with Crippen LogP contribution in [0, 0.1) is 11.7 Å². The monoisotopic (exact) mass is 367 g/mol. The molecule has 5 N–H and O–H groups in total. The van der Waals surface area contributed by atoms with Gasteiger partial charge in [0, 0.05) is 0 Å². The number of rotatable bonds is 5. The number of anilines is 1. The van der Waals surface area contributed by atoms with Gasteiger partial charge in [0.2, 0.25) is 15.9 Å². The number of carbonyl (C=O) groups excluding carboxylic acids is 1. The lowest BCUT2D eigenvalue weighted by Gasteiger charge is -2.19. The number of primary amides is 1. The number of hydrogen-bond acceptors (Lipinski definition) is 4. The third-order valence-corrected chi connectivity index (χ3v) is 4.70. The topological polar surface area (TPSA) is 115 Å². The van der Waals surface area contributed by atoms with Crippen molar-refractivity contribution in [3.63, 3.8) is 0 Å². The van der Waals surface area contributed by atoms with E-state index in [0.717, 1.165) is 12.1 Å². The zero-order valence-corrected chi connectivity index (χ0v) is 13.3. The predicted molar refractivity (Wildman–Crippen MR) is 76.7 cm³/mol. The van der Waals surface area contributed by atoms with Crippen LogP contribution in [0.4, 0.5) is 10.1 Å². The maximum Gasteiger partial charge on any atom is 0.243 e. The second kappa shape index (κ2) is 6.06. The number of amides is 1. The summed E-state index contributed by atoms with van der Waals surface area (Å²) in [7, 11) is -4.09. The minimum Gasteiger partial charge on any atom is -0.398 e. The van der Waals surface area contributed by atoms with E-state index in [4.69, 9.17) is 11.5 Å². The molecule has 1 aromatic carbocycles. The number of nitrogen functional groups attached to an aromatic ring is 1. The van der Waals surface area contributed by atoms with Crippen LogP contribution in [-0.2, 0) is 14.8 Å². The van der Waals surface area contributed by atoms with Crippen molar-refractivity contribution in [3.8, 4) is 0 Å². The van der Waals surface area contributed by atoms with E-state index in [1.54, 1.807) is 13.8 Å². The molecule has 6 nitrogen and oxygen atoms in total. The maximum atomic E-state index is 13.3. The van der Waals surface area contributed by atoms with Crippen LogP contribution in [-0.4, -0.2) is 20.4 Å². The summed E-state index contributed by atoms with van der Waals surface area (Å²) >= 11 is 2.88. The molecule has 1 atom stereocenters. The minimum atomic E-state index is -4.09. The van der Waals surface area contributed by atoms with E-state index < -0.39 is 27.8 Å². The van der Waals surface area contributed by atoms with Gasteiger partial charge in [-0.2, -0.15) is 4.72 Å². The smallest absolute Gasteiger partial charge is 0.243 e. The number of nitrogens with two attached hydrogens (primary N) is 2. The predicted octanol–water partition coefficient (Wildman–Crippen LogP) is 0.959. The Balaban J connectivity index is 3.24. The van der Waals surface area contributed by atoms with Gasteiger partial charge >= 0.3 is 0 Å². The molecule has 0 aromatic heterocycles. The van der Waals surface area contributed by atoms with Crippen LogP contribution >= 0.6 is 15.9 Å². The highest BCUT2D eigenvalue weighted by Gasteiger charge is 2.28. The van der Waals surface area contributed by atoms with Crippen LogP contribution in [0.25, 0.3) is 0 Å². The summed E-state index contributed by atoms with van der Waals surface area (Å²) in [6, 6.07) is 0.835. The number of hydrogen-bond donors (Lipinski definition) is 3. The van der Waals surface area contributed by atoms with Crippen molar-refractivity contribution in [3.05, 3.63) is 22.4 Å². The maximum absolute atomic E-state index is 13.3. The van der Waals surface area contributed by atoms with E-state index in [1.165, 1.54) is 0 Å². The SMILES string of the molecule is CC(C)C(NS(=O)(=O)c1cc(Br)c(F)cc1N)C(N)=O. The number of nitrogens with one attached hydrogen (secondary N) is 1. The third-order valence-electron chi connectivity index (χ3n) is 2.60. The fourth-order valence-corrected chi connectivity index (χ4v) is 3.52. The summed E-state index contributed by atoms with van der Waals surface area (Å²) in [4.78, 5) is 10.9. The Labute approximate surface area is 124 Å². The van der Waals surface area contributed by atoms with Crippen LogP contribution in [0.3, 0.4) is 0 Å². The average molecular weight is 368 g/mol. The quantitative estimate of drug-likeness (QED) is 0.672. The molecule has 0 bridgehead atoms. The normalized spacial score (nSPS) is 13.4. The van der Waals surface area contributed by atoms with Gasteiger partial charge in [0.1, 0.15) is 16.8 Å². The van der Waals surface area contributed by atoms with Crippen LogP contribution in [0.5, 0.6) is 0 Å². The first-order valence-corrected chi connectivity index (χ1v) is 7.90. The summed E-state index contributed by atoms with van der Waals surface area (Å²) in [6.45, 7) is 3.28. The largest absolute Gasteiger partial charge is 0.398 e. The zero-order chi connectivity index (χ0) is 15.7. The molecule has 0 saturated carbocycles. The molecule has 20 heavy (non-hydrogen) atoms. The molecule has 112 valence electrons. The van der Waals surface area contributed by atoms with Crippen molar-refractivity contribution in [1.82, 2.24) is 4.72 Å². The molecule has 1 amide bonds. The lowest BCUT2D eigenvalue weighted by Crippen LogP contribution is -2.47. The molecule has 1 aromatic rings. The lowest BCUT2D eigenvalue weighted by atomic mass is 10.1. The number of halogens is 2. The molecule has 0 radical (unpaired) electrons. The zero-order valence-electron chi connectivity index (χ0n) is 10.9. The van der Waals surface area contributed by atoms with Crippen LogP contribution in [0.2, 0.25) is 0 Å². The fourth-order valence-electron chi connectivity index (χ4n) is 1.53. The van der Waals surface area contributed by atoms with Gasteiger partial charge in [-0.05, 0) is 34.0 Å². The molecule has 0 heterocycles. The fraction of sp³-hybridized carbons (Fsp3) is 0.364. The van der Waals surface area contributed by atoms with Gasteiger partial charge in [0.25, 0.3) is 0 Å². The Morgan fingerprint density at radius 2 is 1.95 bits per heavy atom. The van der Waals surface area contributed by atoms with Crippen molar-refractivity contribution < 1.29 is 17.6 Å². The molecular weight excluding hydrogens is 353 g/mol. The van der Waals surface area contributed by atoms with Gasteiger partial charge in [0.05, 0.1) is 10.2 Å². The van der Waals surface area contributed by atoms with Crippen molar-refractivity contribution in [2.45, 2.75) is 24.8 Å². The molecule has 0 spiro atoms. The van der Waals surface area contributed by atoms with Gasteiger partial charge < -0.3 is 11.5 Å². The van der Waals surface area contributed by atoms with Crippen LogP contribution < -0.4 is 16.2 Å². The number of carbonyl (C=O) groups is 1. The van der Waals surface area contributed by atoms with Crippen molar-refractivity contribution >= 4 is 37.5 Å². The number of benzene rings is 1. The van der Waals surface area contributed by atoms with Gasteiger partial charge in [-0.15, -0.1) is 0 Å². The molecular formula is C11H15BrFN3O3S. The summed E-state index contributed by atoms with van der Waals surface area (Å²) in [6.07, 6.45) is 0. The third kappa shape index (κ3) is 3.68. The highest BCUT2D eigenvalue weighted by atomic mass is 79.9. The van der Waals surface area contributed by atoms with E-state index in [9.17, 15) is 17.6 Å². The molecule has 1 unspecified atom stereocenters. The summed E-state index contributed by atoms with van der Waals surface area (Å²) in [5.41, 5.74) is 10.4. The van der Waals surface area contributed by atoms with Crippen molar-refractivity contribution in [1.29, 1.82) is 0 Å². The molecule has 0 saturated heterocycles. The molecule has 9 heteroatoms. The molecule has 0 aliphatic carbocycles. The van der Waals surface area contributed by atoms with E-state index in [-0.39, 0.29) is 21.0 Å². The van der Waals surface area contributed by atoms with Gasteiger partial charge in [-0.1, -0.05) is 13.8 Å². The molecule has 0 aliphatic rings. The van der Waals surface area contributed by atoms with E-state index in [2.05, 4.69) is 20.7 Å². The highest BCUT2D eigenvalue weighted by Crippen LogP contribution is 2.26. The van der Waals surface area contributed by atoms with Gasteiger partial charge in [-0.25, -0.2) is 12.8 Å². The first-order chi connectivity index (χ1) is 9.06. The lowest BCUT2D eigenvalue weighted by molar-refractivity contribution is -0.120. The Hall–Kier alpha value is -1.19. The molecule has 1 rings (SSSR count). The molecule has 0 aliphatic heterocycles. The Morgan fingerprint density at radius 1 is 1.40 bits per heavy atom. The Kier molecular flexibility index (Phi) is 5.11. The second-order valence-electron chi connectivity index (χ2n) is 4.55. The second-order valence-corrected chi connectivity index (χ2v) is 7.09.